The van der Waals surface area contributed by atoms with Crippen LogP contribution in [0, 0.1) is 0 Å². The van der Waals surface area contributed by atoms with Crippen LogP contribution in [-0.2, 0) is 10.4 Å². The number of hydrogen-bond donors (Lipinski definition) is 2. The first-order valence-electron chi connectivity index (χ1n) is 6.77. The van der Waals surface area contributed by atoms with E-state index in [0.717, 1.165) is 6.26 Å². The molecule has 108 valence electrons. The van der Waals surface area contributed by atoms with Gasteiger partial charge in [0.15, 0.2) is 5.43 Å². The van der Waals surface area contributed by atoms with Crippen molar-refractivity contribution in [1.29, 1.82) is 0 Å². The molecule has 1 aliphatic heterocycles. The zero-order valence-corrected chi connectivity index (χ0v) is 11.4. The highest BCUT2D eigenvalue weighted by Crippen LogP contribution is 2.39. The van der Waals surface area contributed by atoms with E-state index >= 15 is 0 Å². The Hall–Kier alpha value is -2.92. The molecule has 22 heavy (non-hydrogen) atoms. The van der Waals surface area contributed by atoms with Gasteiger partial charge in [0.05, 0.1) is 10.9 Å². The molecule has 1 aliphatic rings. The van der Waals surface area contributed by atoms with Gasteiger partial charge in [-0.3, -0.25) is 9.59 Å². The summed E-state index contributed by atoms with van der Waals surface area (Å²) in [6, 6.07) is 13.4. The molecule has 0 saturated heterocycles. The quantitative estimate of drug-likeness (QED) is 0.719. The number of para-hydroxylation sites is 2. The smallest absolute Gasteiger partial charge is 0.266 e. The SMILES string of the molecule is O=C1Nc2ccccc2C1(O)c1coc2ccccc2c1=O. The molecule has 2 N–H and O–H groups in total. The fourth-order valence-corrected chi connectivity index (χ4v) is 2.84. The van der Waals surface area contributed by atoms with E-state index < -0.39 is 16.9 Å². The Bertz CT molecular complexity index is 976. The Morgan fingerprint density at radius 1 is 0.955 bits per heavy atom. The molecule has 0 spiro atoms. The monoisotopic (exact) mass is 293 g/mol. The molecule has 1 atom stereocenters. The average molecular weight is 293 g/mol. The van der Waals surface area contributed by atoms with Gasteiger partial charge in [-0.25, -0.2) is 0 Å². The van der Waals surface area contributed by atoms with Gasteiger partial charge < -0.3 is 14.8 Å². The maximum atomic E-state index is 12.7. The highest BCUT2D eigenvalue weighted by Gasteiger charge is 2.48. The number of carbonyl (C=O) groups excluding carboxylic acids is 1. The molecule has 2 aromatic carbocycles. The second-order valence-electron chi connectivity index (χ2n) is 5.18. The van der Waals surface area contributed by atoms with Crippen LogP contribution in [0.3, 0.4) is 0 Å². The van der Waals surface area contributed by atoms with E-state index in [2.05, 4.69) is 5.32 Å². The van der Waals surface area contributed by atoms with Crippen LogP contribution in [0.4, 0.5) is 5.69 Å². The van der Waals surface area contributed by atoms with Crippen LogP contribution < -0.4 is 10.7 Å². The van der Waals surface area contributed by atoms with Crippen LogP contribution >= 0.6 is 0 Å². The highest BCUT2D eigenvalue weighted by molar-refractivity contribution is 6.07. The number of amides is 1. The van der Waals surface area contributed by atoms with Gasteiger partial charge in [-0.05, 0) is 18.2 Å². The molecule has 5 nitrogen and oxygen atoms in total. The Balaban J connectivity index is 2.05. The molecule has 0 radical (unpaired) electrons. The Morgan fingerprint density at radius 3 is 2.55 bits per heavy atom. The lowest BCUT2D eigenvalue weighted by atomic mass is 9.88. The number of carbonyl (C=O) groups is 1. The molecule has 0 bridgehead atoms. The molecule has 0 saturated carbocycles. The summed E-state index contributed by atoms with van der Waals surface area (Å²) < 4.78 is 5.42. The zero-order chi connectivity index (χ0) is 15.3. The zero-order valence-electron chi connectivity index (χ0n) is 11.4. The lowest BCUT2D eigenvalue weighted by Gasteiger charge is -2.20. The van der Waals surface area contributed by atoms with Crippen LogP contribution in [0.1, 0.15) is 11.1 Å². The van der Waals surface area contributed by atoms with Crippen molar-refractivity contribution in [2.75, 3.05) is 5.32 Å². The number of anilines is 1. The minimum Gasteiger partial charge on any atom is -0.464 e. The molecule has 0 aliphatic carbocycles. The predicted octanol–water partition coefficient (Wildman–Crippen LogP) is 1.98. The molecular weight excluding hydrogens is 282 g/mol. The van der Waals surface area contributed by atoms with Crippen LogP contribution in [0.25, 0.3) is 11.0 Å². The van der Waals surface area contributed by atoms with Crippen molar-refractivity contribution in [3.05, 3.63) is 76.1 Å². The molecule has 3 aromatic rings. The van der Waals surface area contributed by atoms with E-state index in [1.54, 1.807) is 48.5 Å². The molecule has 4 rings (SSSR count). The summed E-state index contributed by atoms with van der Waals surface area (Å²) in [7, 11) is 0. The van der Waals surface area contributed by atoms with E-state index in [1.807, 2.05) is 0 Å². The normalized spacial score (nSPS) is 20.0. The summed E-state index contributed by atoms with van der Waals surface area (Å²) >= 11 is 0. The van der Waals surface area contributed by atoms with Gasteiger partial charge in [-0.2, -0.15) is 0 Å². The van der Waals surface area contributed by atoms with E-state index in [1.165, 1.54) is 0 Å². The topological polar surface area (TPSA) is 79.5 Å². The lowest BCUT2D eigenvalue weighted by molar-refractivity contribution is -0.129. The third-order valence-electron chi connectivity index (χ3n) is 3.96. The molecule has 1 unspecified atom stereocenters. The first kappa shape index (κ1) is 12.8. The van der Waals surface area contributed by atoms with Crippen molar-refractivity contribution < 1.29 is 14.3 Å². The van der Waals surface area contributed by atoms with E-state index in [4.69, 9.17) is 4.42 Å². The second kappa shape index (κ2) is 4.29. The number of fused-ring (bicyclic) bond motifs is 2. The third kappa shape index (κ3) is 1.51. The fraction of sp³-hybridized carbons (Fsp3) is 0.0588. The van der Waals surface area contributed by atoms with Crippen molar-refractivity contribution in [1.82, 2.24) is 0 Å². The van der Waals surface area contributed by atoms with Gasteiger partial charge >= 0.3 is 0 Å². The van der Waals surface area contributed by atoms with Crippen LogP contribution in [0.15, 0.2) is 64.0 Å². The minimum absolute atomic E-state index is 0.0892. The van der Waals surface area contributed by atoms with Crippen LogP contribution in [0.2, 0.25) is 0 Å². The summed E-state index contributed by atoms with van der Waals surface area (Å²) in [6.45, 7) is 0. The van der Waals surface area contributed by atoms with Crippen molar-refractivity contribution in [2.24, 2.45) is 0 Å². The Kier molecular flexibility index (Phi) is 2.49. The summed E-state index contributed by atoms with van der Waals surface area (Å²) in [5, 5.41) is 13.9. The molecule has 1 aromatic heterocycles. The Labute approximate surface area is 124 Å². The summed E-state index contributed by atoms with van der Waals surface area (Å²) in [6.07, 6.45) is 1.16. The summed E-state index contributed by atoms with van der Waals surface area (Å²) in [4.78, 5) is 25.0. The van der Waals surface area contributed by atoms with Gasteiger partial charge in [0.2, 0.25) is 5.60 Å². The maximum Gasteiger partial charge on any atom is 0.266 e. The number of aliphatic hydroxyl groups is 1. The Morgan fingerprint density at radius 2 is 1.68 bits per heavy atom. The number of rotatable bonds is 1. The standard InChI is InChI=1S/C17H11NO4/c19-15-10-5-1-4-8-14(10)22-9-12(15)17(21)11-6-2-3-7-13(11)18-16(17)20/h1-9,21H,(H,18,20). The second-order valence-corrected chi connectivity index (χ2v) is 5.18. The first-order chi connectivity index (χ1) is 10.6. The average Bonchev–Trinajstić information content (AvgIpc) is 2.80. The summed E-state index contributed by atoms with van der Waals surface area (Å²) in [5.74, 6) is -0.656. The van der Waals surface area contributed by atoms with Gasteiger partial charge in [-0.15, -0.1) is 0 Å². The third-order valence-corrected chi connectivity index (χ3v) is 3.96. The van der Waals surface area contributed by atoms with Gasteiger partial charge in [0, 0.05) is 11.3 Å². The molecular formula is C17H11NO4. The van der Waals surface area contributed by atoms with E-state index in [9.17, 15) is 14.7 Å². The van der Waals surface area contributed by atoms with Gasteiger partial charge in [-0.1, -0.05) is 30.3 Å². The number of nitrogens with one attached hydrogen (secondary N) is 1. The maximum absolute atomic E-state index is 12.7. The summed E-state index contributed by atoms with van der Waals surface area (Å²) in [5.41, 5.74) is -1.30. The van der Waals surface area contributed by atoms with Crippen molar-refractivity contribution in [2.45, 2.75) is 5.60 Å². The number of hydrogen-bond acceptors (Lipinski definition) is 4. The van der Waals surface area contributed by atoms with Crippen LogP contribution in [-0.4, -0.2) is 11.0 Å². The number of benzene rings is 2. The highest BCUT2D eigenvalue weighted by atomic mass is 16.3. The van der Waals surface area contributed by atoms with Gasteiger partial charge in [0.1, 0.15) is 11.8 Å². The predicted molar refractivity (Wildman–Crippen MR) is 80.6 cm³/mol. The minimum atomic E-state index is -2.04. The molecule has 2 heterocycles. The lowest BCUT2D eigenvalue weighted by Crippen LogP contribution is -2.39. The largest absolute Gasteiger partial charge is 0.464 e. The molecule has 1 amide bonds. The van der Waals surface area contributed by atoms with Crippen molar-refractivity contribution in [3.63, 3.8) is 0 Å². The first-order valence-corrected chi connectivity index (χ1v) is 6.77. The van der Waals surface area contributed by atoms with Crippen molar-refractivity contribution in [3.8, 4) is 0 Å². The van der Waals surface area contributed by atoms with Crippen molar-refractivity contribution >= 4 is 22.6 Å². The molecule has 5 heteroatoms. The van der Waals surface area contributed by atoms with Gasteiger partial charge in [0.25, 0.3) is 5.91 Å². The van der Waals surface area contributed by atoms with E-state index in [0.29, 0.717) is 22.2 Å². The molecule has 0 fully saturated rings. The van der Waals surface area contributed by atoms with Crippen LogP contribution in [0.5, 0.6) is 0 Å². The fourth-order valence-electron chi connectivity index (χ4n) is 2.84. The van der Waals surface area contributed by atoms with E-state index in [-0.39, 0.29) is 5.56 Å².